The summed E-state index contributed by atoms with van der Waals surface area (Å²) >= 11 is 0. The number of hydrogen-bond donors (Lipinski definition) is 2. The Morgan fingerprint density at radius 3 is 2.63 bits per heavy atom. The van der Waals surface area contributed by atoms with Crippen molar-refractivity contribution < 1.29 is 19.4 Å². The van der Waals surface area contributed by atoms with Crippen LogP contribution in [0.15, 0.2) is 30.3 Å². The number of carbonyl (C=O) groups is 1. The van der Waals surface area contributed by atoms with Crippen LogP contribution in [0.25, 0.3) is 11.3 Å². The molecule has 1 aliphatic rings. The van der Waals surface area contributed by atoms with Gasteiger partial charge in [-0.05, 0) is 30.3 Å². The van der Waals surface area contributed by atoms with Gasteiger partial charge in [0.1, 0.15) is 17.5 Å². The van der Waals surface area contributed by atoms with Gasteiger partial charge < -0.3 is 14.6 Å². The molecule has 2 N–H and O–H groups in total. The maximum absolute atomic E-state index is 10.8. The van der Waals surface area contributed by atoms with Crippen molar-refractivity contribution in [1.82, 2.24) is 10.2 Å². The second-order valence-corrected chi connectivity index (χ2v) is 4.27. The minimum atomic E-state index is -1.02. The molecule has 98 valence electrons. The number of aromatic amines is 1. The maximum Gasteiger partial charge on any atom is 0.353 e. The molecule has 6 nitrogen and oxygen atoms in total. The Balaban J connectivity index is 1.75. The molecule has 0 radical (unpaired) electrons. The van der Waals surface area contributed by atoms with Gasteiger partial charge in [-0.2, -0.15) is 5.10 Å². The van der Waals surface area contributed by atoms with E-state index in [1.54, 1.807) is 0 Å². The van der Waals surface area contributed by atoms with Crippen LogP contribution >= 0.6 is 0 Å². The number of rotatable bonds is 4. The second-order valence-electron chi connectivity index (χ2n) is 4.27. The van der Waals surface area contributed by atoms with Gasteiger partial charge in [0.2, 0.25) is 0 Å². The molecule has 2 heterocycles. The van der Waals surface area contributed by atoms with E-state index in [4.69, 9.17) is 14.6 Å². The topological polar surface area (TPSA) is 84.4 Å². The summed E-state index contributed by atoms with van der Waals surface area (Å²) < 4.78 is 10.7. The number of aromatic nitrogens is 2. The monoisotopic (exact) mass is 260 g/mol. The summed E-state index contributed by atoms with van der Waals surface area (Å²) in [4.78, 5) is 10.8. The predicted molar refractivity (Wildman–Crippen MR) is 66.2 cm³/mol. The Bertz CT molecular complexity index is 587. The highest BCUT2D eigenvalue weighted by Gasteiger charge is 2.19. The molecule has 1 aromatic heterocycles. The molecule has 2 aromatic rings. The lowest BCUT2D eigenvalue weighted by atomic mass is 10.1. The van der Waals surface area contributed by atoms with Crippen molar-refractivity contribution in [2.45, 2.75) is 6.10 Å². The van der Waals surface area contributed by atoms with Crippen LogP contribution in [0.2, 0.25) is 0 Å². The van der Waals surface area contributed by atoms with Crippen LogP contribution in [-0.2, 0) is 4.74 Å². The molecule has 1 saturated heterocycles. The summed E-state index contributed by atoms with van der Waals surface area (Å²) in [6.45, 7) is 1.26. The number of H-pyrrole nitrogens is 1. The number of carboxylic acid groups (broad SMARTS) is 1. The van der Waals surface area contributed by atoms with Gasteiger partial charge in [-0.1, -0.05) is 0 Å². The summed E-state index contributed by atoms with van der Waals surface area (Å²) in [7, 11) is 0. The number of ether oxygens (including phenoxy) is 2. The van der Waals surface area contributed by atoms with Crippen LogP contribution in [-0.4, -0.2) is 40.6 Å². The first-order valence-corrected chi connectivity index (χ1v) is 5.86. The number of aromatic carboxylic acids is 1. The molecule has 0 atom stereocenters. The van der Waals surface area contributed by atoms with Gasteiger partial charge >= 0.3 is 5.97 Å². The van der Waals surface area contributed by atoms with Crippen LogP contribution < -0.4 is 4.74 Å². The van der Waals surface area contributed by atoms with Gasteiger partial charge in [0.15, 0.2) is 0 Å². The van der Waals surface area contributed by atoms with Crippen molar-refractivity contribution in [1.29, 1.82) is 0 Å². The van der Waals surface area contributed by atoms with Gasteiger partial charge in [0.25, 0.3) is 0 Å². The van der Waals surface area contributed by atoms with Crippen LogP contribution in [0, 0.1) is 0 Å². The van der Waals surface area contributed by atoms with Crippen molar-refractivity contribution in [3.05, 3.63) is 36.0 Å². The van der Waals surface area contributed by atoms with E-state index in [1.807, 2.05) is 24.3 Å². The minimum absolute atomic E-state index is 0.0712. The SMILES string of the molecule is O=C(O)c1cc(-c2ccc(OC3COC3)cc2)n[nH]1. The lowest BCUT2D eigenvalue weighted by Gasteiger charge is -2.26. The molecule has 0 saturated carbocycles. The molecule has 1 fully saturated rings. The third-order valence-corrected chi connectivity index (χ3v) is 2.87. The highest BCUT2D eigenvalue weighted by atomic mass is 16.6. The standard InChI is InChI=1S/C13H12N2O4/c16-13(17)12-5-11(14-15-12)8-1-3-9(4-2-8)19-10-6-18-7-10/h1-5,10H,6-7H2,(H,14,15)(H,16,17). The Labute approximate surface area is 109 Å². The van der Waals surface area contributed by atoms with Gasteiger partial charge in [-0.15, -0.1) is 0 Å². The molecule has 0 amide bonds. The van der Waals surface area contributed by atoms with Crippen molar-refractivity contribution >= 4 is 5.97 Å². The van der Waals surface area contributed by atoms with Crippen molar-refractivity contribution in [3.63, 3.8) is 0 Å². The van der Waals surface area contributed by atoms with E-state index in [1.165, 1.54) is 6.07 Å². The zero-order chi connectivity index (χ0) is 13.2. The second kappa shape index (κ2) is 4.74. The normalized spacial score (nSPS) is 14.9. The van der Waals surface area contributed by atoms with Crippen molar-refractivity contribution in [2.75, 3.05) is 13.2 Å². The molecular formula is C13H12N2O4. The fourth-order valence-corrected chi connectivity index (χ4v) is 1.76. The first-order valence-electron chi connectivity index (χ1n) is 5.86. The van der Waals surface area contributed by atoms with E-state index in [-0.39, 0.29) is 11.8 Å². The zero-order valence-electron chi connectivity index (χ0n) is 10.00. The number of nitrogens with one attached hydrogen (secondary N) is 1. The average Bonchev–Trinajstić information content (AvgIpc) is 2.84. The van der Waals surface area contributed by atoms with E-state index >= 15 is 0 Å². The molecule has 1 aromatic carbocycles. The van der Waals surface area contributed by atoms with Crippen molar-refractivity contribution in [3.8, 4) is 17.0 Å². The smallest absolute Gasteiger partial charge is 0.353 e. The fourth-order valence-electron chi connectivity index (χ4n) is 1.76. The lowest BCUT2D eigenvalue weighted by molar-refractivity contribution is -0.0796. The molecule has 6 heteroatoms. The highest BCUT2D eigenvalue weighted by Crippen LogP contribution is 2.22. The summed E-state index contributed by atoms with van der Waals surface area (Å²) in [5.74, 6) is -0.255. The molecule has 0 spiro atoms. The van der Waals surface area contributed by atoms with Gasteiger partial charge in [-0.3, -0.25) is 5.10 Å². The first-order chi connectivity index (χ1) is 9.22. The van der Waals surface area contributed by atoms with E-state index < -0.39 is 5.97 Å². The van der Waals surface area contributed by atoms with Gasteiger partial charge in [0, 0.05) is 5.56 Å². The molecular weight excluding hydrogens is 248 g/mol. The van der Waals surface area contributed by atoms with E-state index in [2.05, 4.69) is 10.2 Å². The maximum atomic E-state index is 10.8. The van der Waals surface area contributed by atoms with E-state index in [9.17, 15) is 4.79 Å². The summed E-state index contributed by atoms with van der Waals surface area (Å²) in [5, 5.41) is 15.2. The van der Waals surface area contributed by atoms with Crippen LogP contribution in [0.3, 0.4) is 0 Å². The Hall–Kier alpha value is -2.34. The van der Waals surface area contributed by atoms with Crippen LogP contribution in [0.4, 0.5) is 0 Å². The third-order valence-electron chi connectivity index (χ3n) is 2.87. The number of carboxylic acids is 1. The Kier molecular flexibility index (Phi) is 2.92. The summed E-state index contributed by atoms with van der Waals surface area (Å²) in [6.07, 6.45) is 0.134. The Morgan fingerprint density at radius 2 is 2.11 bits per heavy atom. The number of hydrogen-bond acceptors (Lipinski definition) is 4. The average molecular weight is 260 g/mol. The van der Waals surface area contributed by atoms with E-state index in [0.29, 0.717) is 18.9 Å². The molecule has 0 unspecified atom stereocenters. The Morgan fingerprint density at radius 1 is 1.37 bits per heavy atom. The quantitative estimate of drug-likeness (QED) is 0.871. The fraction of sp³-hybridized carbons (Fsp3) is 0.231. The zero-order valence-corrected chi connectivity index (χ0v) is 10.00. The largest absolute Gasteiger partial charge is 0.486 e. The highest BCUT2D eigenvalue weighted by molar-refractivity contribution is 5.86. The molecule has 19 heavy (non-hydrogen) atoms. The van der Waals surface area contributed by atoms with E-state index in [0.717, 1.165) is 11.3 Å². The predicted octanol–water partition coefficient (Wildman–Crippen LogP) is 1.55. The van der Waals surface area contributed by atoms with Crippen LogP contribution in [0.5, 0.6) is 5.75 Å². The minimum Gasteiger partial charge on any atom is -0.486 e. The molecule has 3 rings (SSSR count). The van der Waals surface area contributed by atoms with Crippen LogP contribution in [0.1, 0.15) is 10.5 Å². The van der Waals surface area contributed by atoms with Gasteiger partial charge in [-0.25, -0.2) is 4.79 Å². The number of benzene rings is 1. The summed E-state index contributed by atoms with van der Waals surface area (Å²) in [6, 6.07) is 8.86. The molecule has 1 aliphatic heterocycles. The molecule has 0 aliphatic carbocycles. The summed E-state index contributed by atoms with van der Waals surface area (Å²) in [5.41, 5.74) is 1.50. The lowest BCUT2D eigenvalue weighted by Crippen LogP contribution is -2.38. The molecule has 0 bridgehead atoms. The number of nitrogens with zero attached hydrogens (tertiary/aromatic N) is 1. The third kappa shape index (κ3) is 2.43. The first kappa shape index (κ1) is 11.7. The van der Waals surface area contributed by atoms with Crippen molar-refractivity contribution in [2.24, 2.45) is 0 Å². The van der Waals surface area contributed by atoms with Gasteiger partial charge in [0.05, 0.1) is 18.9 Å².